The van der Waals surface area contributed by atoms with Crippen molar-refractivity contribution in [1.82, 2.24) is 10.1 Å². The minimum Gasteiger partial charge on any atom is -0.337 e. The second-order valence-electron chi connectivity index (χ2n) is 4.76. The zero-order chi connectivity index (χ0) is 11.7. The Hall–Kier alpha value is -0.200. The molecule has 1 saturated carbocycles. The molecule has 2 fully saturated rings. The number of rotatable bonds is 2. The fourth-order valence-corrected chi connectivity index (χ4v) is 5.01. The van der Waals surface area contributed by atoms with Gasteiger partial charge in [0.1, 0.15) is 0 Å². The molecule has 1 atom stereocenters. The van der Waals surface area contributed by atoms with Crippen molar-refractivity contribution in [2.45, 2.75) is 36.5 Å². The summed E-state index contributed by atoms with van der Waals surface area (Å²) in [6, 6.07) is 0. The number of hydrogen-bond donors (Lipinski definition) is 1. The molecule has 0 aromatic carbocycles. The fourth-order valence-electron chi connectivity index (χ4n) is 2.42. The lowest BCUT2D eigenvalue weighted by atomic mass is 9.99. The van der Waals surface area contributed by atoms with Gasteiger partial charge < -0.3 is 10.3 Å². The monoisotopic (exact) mass is 271 g/mol. The molecule has 94 valence electrons. The van der Waals surface area contributed by atoms with Crippen LogP contribution in [-0.4, -0.2) is 27.4 Å². The van der Waals surface area contributed by atoms with Gasteiger partial charge in [0.15, 0.2) is 5.82 Å². The van der Waals surface area contributed by atoms with Crippen LogP contribution < -0.4 is 5.73 Å². The van der Waals surface area contributed by atoms with Gasteiger partial charge in [0.25, 0.3) is 0 Å². The minimum absolute atomic E-state index is 0.349. The maximum absolute atomic E-state index is 6.31. The molecule has 2 N–H and O–H groups in total. The number of nitrogens with two attached hydrogens (primary N) is 1. The summed E-state index contributed by atoms with van der Waals surface area (Å²) in [6.07, 6.45) is 4.28. The third-order valence-electron chi connectivity index (χ3n) is 3.47. The van der Waals surface area contributed by atoms with E-state index in [1.54, 1.807) is 0 Å². The number of aromatic nitrogens is 2. The number of nitrogens with zero attached hydrogens (tertiary/aromatic N) is 2. The average Bonchev–Trinajstić information content (AvgIpc) is 2.99. The van der Waals surface area contributed by atoms with Gasteiger partial charge in [0.2, 0.25) is 5.89 Å². The zero-order valence-electron chi connectivity index (χ0n) is 9.72. The summed E-state index contributed by atoms with van der Waals surface area (Å²) in [5.41, 5.74) is 5.97. The first-order chi connectivity index (χ1) is 8.28. The Balaban J connectivity index is 1.77. The summed E-state index contributed by atoms with van der Waals surface area (Å²) in [6.45, 7) is 0. The average molecular weight is 271 g/mol. The molecule has 2 aliphatic rings. The maximum Gasteiger partial charge on any atom is 0.246 e. The standard InChI is InChI=1S/C11H17N3OS2/c12-11(3-1-2-4-11)10-13-9(14-15-10)8-7-16-5-6-17-8/h8H,1-7,12H2. The second kappa shape index (κ2) is 4.82. The highest BCUT2D eigenvalue weighted by atomic mass is 32.2. The van der Waals surface area contributed by atoms with E-state index in [0.29, 0.717) is 11.1 Å². The second-order valence-corrected chi connectivity index (χ2v) is 7.22. The van der Waals surface area contributed by atoms with E-state index in [2.05, 4.69) is 10.1 Å². The van der Waals surface area contributed by atoms with Crippen LogP contribution in [-0.2, 0) is 5.54 Å². The van der Waals surface area contributed by atoms with Crippen LogP contribution in [0.2, 0.25) is 0 Å². The van der Waals surface area contributed by atoms with Crippen molar-refractivity contribution in [2.24, 2.45) is 5.73 Å². The number of hydrogen-bond acceptors (Lipinski definition) is 6. The van der Waals surface area contributed by atoms with Gasteiger partial charge in [-0.3, -0.25) is 0 Å². The quantitative estimate of drug-likeness (QED) is 0.890. The highest BCUT2D eigenvalue weighted by Crippen LogP contribution is 2.38. The van der Waals surface area contributed by atoms with Crippen molar-refractivity contribution in [1.29, 1.82) is 0 Å². The largest absolute Gasteiger partial charge is 0.337 e. The Labute approximate surface area is 109 Å². The van der Waals surface area contributed by atoms with Gasteiger partial charge in [-0.1, -0.05) is 18.0 Å². The van der Waals surface area contributed by atoms with Crippen LogP contribution >= 0.6 is 23.5 Å². The van der Waals surface area contributed by atoms with Crippen LogP contribution in [0, 0.1) is 0 Å². The van der Waals surface area contributed by atoms with E-state index in [9.17, 15) is 0 Å². The summed E-state index contributed by atoms with van der Waals surface area (Å²) < 4.78 is 5.40. The smallest absolute Gasteiger partial charge is 0.246 e. The van der Waals surface area contributed by atoms with Crippen LogP contribution in [0.25, 0.3) is 0 Å². The maximum atomic E-state index is 6.31. The lowest BCUT2D eigenvalue weighted by Gasteiger charge is -2.18. The van der Waals surface area contributed by atoms with E-state index >= 15 is 0 Å². The minimum atomic E-state index is -0.349. The van der Waals surface area contributed by atoms with Crippen LogP contribution in [0.3, 0.4) is 0 Å². The van der Waals surface area contributed by atoms with Crippen LogP contribution in [0.15, 0.2) is 4.52 Å². The summed E-state index contributed by atoms with van der Waals surface area (Å²) in [5.74, 6) is 4.98. The molecule has 1 aromatic rings. The van der Waals surface area contributed by atoms with Crippen molar-refractivity contribution < 1.29 is 4.52 Å². The van der Waals surface area contributed by atoms with E-state index in [1.165, 1.54) is 24.3 Å². The fraction of sp³-hybridized carbons (Fsp3) is 0.818. The predicted molar refractivity (Wildman–Crippen MR) is 71.2 cm³/mol. The van der Waals surface area contributed by atoms with Gasteiger partial charge >= 0.3 is 0 Å². The zero-order valence-corrected chi connectivity index (χ0v) is 11.4. The van der Waals surface area contributed by atoms with Gasteiger partial charge in [0.05, 0.1) is 10.8 Å². The Kier molecular flexibility index (Phi) is 3.36. The van der Waals surface area contributed by atoms with E-state index in [0.717, 1.165) is 24.4 Å². The summed E-state index contributed by atoms with van der Waals surface area (Å²) in [5, 5.41) is 4.51. The van der Waals surface area contributed by atoms with E-state index in [1.807, 2.05) is 23.5 Å². The molecular weight excluding hydrogens is 254 g/mol. The molecule has 4 nitrogen and oxygen atoms in total. The summed E-state index contributed by atoms with van der Waals surface area (Å²) in [4.78, 5) is 4.55. The molecule has 1 aromatic heterocycles. The molecule has 0 spiro atoms. The summed E-state index contributed by atoms with van der Waals surface area (Å²) in [7, 11) is 0. The first kappa shape index (κ1) is 11.9. The van der Waals surface area contributed by atoms with Crippen molar-refractivity contribution in [3.63, 3.8) is 0 Å². The molecule has 2 heterocycles. The molecule has 17 heavy (non-hydrogen) atoms. The van der Waals surface area contributed by atoms with Crippen molar-refractivity contribution in [2.75, 3.05) is 17.3 Å². The third kappa shape index (κ3) is 2.35. The molecule has 0 amide bonds. The molecule has 1 unspecified atom stereocenters. The normalized spacial score (nSPS) is 28.4. The molecule has 0 bridgehead atoms. The predicted octanol–water partition coefficient (Wildman–Crippen LogP) is 2.32. The van der Waals surface area contributed by atoms with E-state index in [4.69, 9.17) is 10.3 Å². The molecule has 0 radical (unpaired) electrons. The Morgan fingerprint density at radius 3 is 2.82 bits per heavy atom. The van der Waals surface area contributed by atoms with Gasteiger partial charge in [-0.05, 0) is 12.8 Å². The molecular formula is C11H17N3OS2. The molecule has 1 saturated heterocycles. The Bertz CT molecular complexity index is 384. The summed E-state index contributed by atoms with van der Waals surface area (Å²) >= 11 is 3.89. The van der Waals surface area contributed by atoms with Crippen LogP contribution in [0.1, 0.15) is 42.6 Å². The molecule has 1 aliphatic carbocycles. The van der Waals surface area contributed by atoms with E-state index < -0.39 is 0 Å². The molecule has 3 rings (SSSR count). The van der Waals surface area contributed by atoms with Crippen molar-refractivity contribution in [3.8, 4) is 0 Å². The van der Waals surface area contributed by atoms with Gasteiger partial charge in [-0.15, -0.1) is 11.8 Å². The van der Waals surface area contributed by atoms with Crippen molar-refractivity contribution in [3.05, 3.63) is 11.7 Å². The highest BCUT2D eigenvalue weighted by Gasteiger charge is 2.37. The molecule has 6 heteroatoms. The lowest BCUT2D eigenvalue weighted by Crippen LogP contribution is -2.33. The first-order valence-electron chi connectivity index (χ1n) is 6.10. The van der Waals surface area contributed by atoms with E-state index in [-0.39, 0.29) is 5.54 Å². The van der Waals surface area contributed by atoms with Gasteiger partial charge in [0, 0.05) is 17.3 Å². The Morgan fingerprint density at radius 1 is 1.29 bits per heavy atom. The SMILES string of the molecule is NC1(c2nc(C3CSCCS3)no2)CCCC1. The molecule has 1 aliphatic heterocycles. The topological polar surface area (TPSA) is 64.9 Å². The Morgan fingerprint density at radius 2 is 2.12 bits per heavy atom. The number of thioether (sulfide) groups is 2. The van der Waals surface area contributed by atoms with Gasteiger partial charge in [-0.2, -0.15) is 16.7 Å². The third-order valence-corrected chi connectivity index (χ3v) is 6.22. The van der Waals surface area contributed by atoms with Crippen LogP contribution in [0.4, 0.5) is 0 Å². The van der Waals surface area contributed by atoms with Crippen molar-refractivity contribution >= 4 is 23.5 Å². The highest BCUT2D eigenvalue weighted by molar-refractivity contribution is 8.06. The first-order valence-corrected chi connectivity index (χ1v) is 8.31. The van der Waals surface area contributed by atoms with Gasteiger partial charge in [-0.25, -0.2) is 0 Å². The van der Waals surface area contributed by atoms with Crippen LogP contribution in [0.5, 0.6) is 0 Å². The lowest BCUT2D eigenvalue weighted by molar-refractivity contribution is 0.284.